The lowest BCUT2D eigenvalue weighted by Crippen LogP contribution is -2.45. The maximum atomic E-state index is 13.0. The van der Waals surface area contributed by atoms with Crippen molar-refractivity contribution in [1.82, 2.24) is 60.7 Å². The number of hydrogen-bond acceptors (Lipinski definition) is 26. The lowest BCUT2D eigenvalue weighted by atomic mass is 10.0. The van der Waals surface area contributed by atoms with Crippen LogP contribution in [-0.2, 0) is 24.3 Å². The zero-order valence-electron chi connectivity index (χ0n) is 81.9. The molecule has 12 aliphatic heterocycles. The van der Waals surface area contributed by atoms with Crippen LogP contribution in [0.4, 0.5) is 34.1 Å². The van der Waals surface area contributed by atoms with E-state index in [1.54, 1.807) is 35.5 Å². The van der Waals surface area contributed by atoms with Crippen molar-refractivity contribution in [3.63, 3.8) is 0 Å². The Morgan fingerprint density at radius 1 is 0.353 bits per heavy atom. The number of anilines is 6. The number of likely N-dealkylation sites (N-methyl/N-ethyl adjacent to an activating group) is 1. The fourth-order valence-electron chi connectivity index (χ4n) is 19.8. The van der Waals surface area contributed by atoms with E-state index in [9.17, 15) is 18.0 Å². The van der Waals surface area contributed by atoms with E-state index in [0.717, 1.165) is 327 Å². The SMILES string of the molecule is CC(=O)N1CCC(Oc2ccccc2N2CCNCC2)CC1.CCC(=O)N1CCC[C@@H](Oc2ccccc2N2CCNCC2)C1.CN1CCC(Oc2ccccc2N2CCNCC2)CC1.CN1CCCCC1COc1ccccc1N1CCNCC1.O=S(=O)(c1ccccc1)N1CCCC(Oc2ccccc2N2CCNCC2)C1.c1ccc(N2CCCNCC2)c(OCCN2CCOCC2)c1. The molecule has 3 atom stereocenters. The number of piperidine rings is 5. The molecule has 0 spiro atoms. The molecule has 2 unspecified atom stereocenters. The summed E-state index contributed by atoms with van der Waals surface area (Å²) in [7, 11) is 0.920. The first kappa shape index (κ1) is 102. The van der Waals surface area contributed by atoms with Crippen LogP contribution < -0.4 is 89.7 Å². The second-order valence-corrected chi connectivity index (χ2v) is 39.3. The molecular weight excluding hydrogens is 1730 g/mol. The summed E-state index contributed by atoms with van der Waals surface area (Å²) in [5.74, 6) is 6.28. The summed E-state index contributed by atoms with van der Waals surface area (Å²) in [4.78, 5) is 49.1. The van der Waals surface area contributed by atoms with Gasteiger partial charge in [-0.3, -0.25) is 14.5 Å². The summed E-state index contributed by atoms with van der Waals surface area (Å²) < 4.78 is 70.3. The molecule has 12 aliphatic rings. The largest absolute Gasteiger partial charge is 0.490 e. The van der Waals surface area contributed by atoms with E-state index < -0.39 is 10.0 Å². The number of nitrogens with zero attached hydrogens (tertiary/aromatic N) is 12. The van der Waals surface area contributed by atoms with Crippen LogP contribution in [0.3, 0.4) is 0 Å². The van der Waals surface area contributed by atoms with Crippen molar-refractivity contribution in [2.75, 3.05) is 306 Å². The minimum Gasteiger partial charge on any atom is -0.490 e. The van der Waals surface area contributed by atoms with Crippen LogP contribution in [0.25, 0.3) is 0 Å². The predicted octanol–water partition coefficient (Wildman–Crippen LogP) is 10.4. The van der Waals surface area contributed by atoms with E-state index in [4.69, 9.17) is 33.2 Å². The number of ether oxygens (including phenoxy) is 7. The first-order chi connectivity index (χ1) is 66.8. The average molecular weight is 1890 g/mol. The summed E-state index contributed by atoms with van der Waals surface area (Å²) in [6, 6.07) is 59.3. The van der Waals surface area contributed by atoms with E-state index in [1.807, 2.05) is 53.1 Å². The van der Waals surface area contributed by atoms with Gasteiger partial charge < -0.3 is 114 Å². The minimum absolute atomic E-state index is 0.100. The fourth-order valence-corrected chi connectivity index (χ4v) is 21.3. The van der Waals surface area contributed by atoms with Crippen LogP contribution in [0.1, 0.15) is 97.3 Å². The molecule has 7 aromatic carbocycles. The number of carbonyl (C=O) groups is 2. The second-order valence-electron chi connectivity index (χ2n) is 37.4. The molecule has 136 heavy (non-hydrogen) atoms. The van der Waals surface area contributed by atoms with Gasteiger partial charge in [0.1, 0.15) is 72.1 Å². The van der Waals surface area contributed by atoms with E-state index in [-0.39, 0.29) is 30.1 Å². The molecule has 12 saturated heterocycles. The zero-order valence-corrected chi connectivity index (χ0v) is 82.7. The molecule has 744 valence electrons. The van der Waals surface area contributed by atoms with Gasteiger partial charge in [0, 0.05) is 242 Å². The molecule has 2 amide bonds. The lowest BCUT2D eigenvalue weighted by Gasteiger charge is -2.35. The molecule has 0 aliphatic carbocycles. The molecule has 0 radical (unpaired) electrons. The summed E-state index contributed by atoms with van der Waals surface area (Å²) in [5.41, 5.74) is 7.19. The highest BCUT2D eigenvalue weighted by molar-refractivity contribution is 7.89. The molecule has 0 bridgehead atoms. The van der Waals surface area contributed by atoms with Gasteiger partial charge in [0.2, 0.25) is 21.8 Å². The maximum absolute atomic E-state index is 13.0. The number of hydrogen-bond donors (Lipinski definition) is 6. The number of rotatable bonds is 24. The molecule has 29 nitrogen and oxygen atoms in total. The van der Waals surface area contributed by atoms with Gasteiger partial charge in [0.05, 0.1) is 65.3 Å². The van der Waals surface area contributed by atoms with E-state index in [2.05, 4.69) is 205 Å². The Hall–Kier alpha value is -9.41. The number of para-hydroxylation sites is 12. The van der Waals surface area contributed by atoms with Gasteiger partial charge in [-0.2, -0.15) is 4.31 Å². The van der Waals surface area contributed by atoms with Crippen molar-refractivity contribution in [1.29, 1.82) is 0 Å². The zero-order chi connectivity index (χ0) is 94.2. The van der Waals surface area contributed by atoms with Crippen LogP contribution in [0.5, 0.6) is 34.5 Å². The summed E-state index contributed by atoms with van der Waals surface area (Å²) in [6.45, 7) is 42.1. The Labute approximate surface area is 811 Å². The maximum Gasteiger partial charge on any atom is 0.243 e. The number of amides is 2. The molecule has 0 saturated carbocycles. The van der Waals surface area contributed by atoms with E-state index in [0.29, 0.717) is 43.1 Å². The van der Waals surface area contributed by atoms with Crippen molar-refractivity contribution in [3.05, 3.63) is 176 Å². The third kappa shape index (κ3) is 31.6. The molecule has 7 aromatic rings. The van der Waals surface area contributed by atoms with Gasteiger partial charge >= 0.3 is 0 Å². The molecule has 12 heterocycles. The first-order valence-electron chi connectivity index (χ1n) is 51.2. The number of sulfonamides is 1. The monoisotopic (exact) mass is 1890 g/mol. The Bertz CT molecular complexity index is 4730. The van der Waals surface area contributed by atoms with Crippen molar-refractivity contribution >= 4 is 56.0 Å². The summed E-state index contributed by atoms with van der Waals surface area (Å²) >= 11 is 0. The number of nitrogens with one attached hydrogen (secondary N) is 6. The first-order valence-corrected chi connectivity index (χ1v) is 52.7. The molecular formula is C106H158N18O11S. The summed E-state index contributed by atoms with van der Waals surface area (Å²) in [6.07, 6.45) is 14.0. The smallest absolute Gasteiger partial charge is 0.243 e. The van der Waals surface area contributed by atoms with Crippen molar-refractivity contribution in [2.45, 2.75) is 133 Å². The number of piperazine rings is 5. The predicted molar refractivity (Wildman–Crippen MR) is 549 cm³/mol. The molecule has 12 fully saturated rings. The number of benzene rings is 7. The van der Waals surface area contributed by atoms with Crippen LogP contribution in [0.15, 0.2) is 181 Å². The van der Waals surface area contributed by atoms with Gasteiger partial charge in [-0.15, -0.1) is 0 Å². The van der Waals surface area contributed by atoms with Gasteiger partial charge in [-0.25, -0.2) is 8.42 Å². The van der Waals surface area contributed by atoms with Gasteiger partial charge in [0.25, 0.3) is 0 Å². The van der Waals surface area contributed by atoms with Crippen molar-refractivity contribution in [3.8, 4) is 34.5 Å². The highest BCUT2D eigenvalue weighted by Crippen LogP contribution is 2.38. The highest BCUT2D eigenvalue weighted by atomic mass is 32.2. The van der Waals surface area contributed by atoms with Crippen LogP contribution in [0, 0.1) is 0 Å². The average Bonchev–Trinajstić information content (AvgIpc) is 0.837. The normalized spacial score (nSPS) is 21.7. The van der Waals surface area contributed by atoms with Gasteiger partial charge in [-0.1, -0.05) is 104 Å². The fraction of sp³-hybridized carbons (Fsp3) is 0.585. The van der Waals surface area contributed by atoms with Crippen LogP contribution >= 0.6 is 0 Å². The Balaban J connectivity index is 0.000000131. The highest BCUT2D eigenvalue weighted by Gasteiger charge is 2.34. The third-order valence-corrected chi connectivity index (χ3v) is 29.6. The standard InChI is InChI=1S/C21H27N3O3S.C18H27N3O2.C17H25N3O2.C17H27N3O2.C17H27N3O.C16H25N3O/c25-28(26,19-8-2-1-3-9-19)24-14-6-7-18(17-24)27-21-11-5-4-10-20(21)23-15-12-22-13-16-23;1-2-18(22)21-11-5-6-15(14-21)23-17-8-4-3-7-16(17)20-12-9-19-10-13-20;1-14(21)19-10-6-15(7-11-19)22-17-5-3-2-4-16(17)20-12-8-18-9-13-20;1-2-5-17(22-15-12-19-10-13-21-14-11-19)16(4-1)20-8-3-6-18-7-9-20;1-19-11-5-4-6-15(19)14-21-17-8-3-2-7-16(17)20-12-9-18-10-13-20;1-18-10-6-14(7-11-18)20-16-5-3-2-4-15(16)19-12-8-17-9-13-19/h1-5,8-11,18,22H,6-7,12-17H2;3-4,7-8,15,19H,2,5-6,9-14H2,1H3;2-5,15,18H,6-13H2,1H3;1-2,4-5,18H,3,6-15H2;2-3,7-8,15,18H,4-6,9-14H2,1H3;2-5,14,17H,6-13H2,1H3/t;15-;;;;/m.1..../s1. The number of likely N-dealkylation sites (tertiary alicyclic amines) is 4. The van der Waals surface area contributed by atoms with Crippen LogP contribution in [0.2, 0.25) is 0 Å². The van der Waals surface area contributed by atoms with Crippen molar-refractivity contribution < 1.29 is 51.2 Å². The Morgan fingerprint density at radius 2 is 0.728 bits per heavy atom. The van der Waals surface area contributed by atoms with Crippen molar-refractivity contribution in [2.24, 2.45) is 0 Å². The van der Waals surface area contributed by atoms with Gasteiger partial charge in [-0.05, 0) is 170 Å². The minimum atomic E-state index is -3.48. The lowest BCUT2D eigenvalue weighted by molar-refractivity contribution is -0.133. The van der Waals surface area contributed by atoms with E-state index in [1.165, 1.54) is 60.7 Å². The number of morpholine rings is 1. The molecule has 30 heteroatoms. The quantitative estimate of drug-likeness (QED) is 0.0329. The molecule has 6 N–H and O–H groups in total. The van der Waals surface area contributed by atoms with Crippen LogP contribution in [-0.4, -0.2) is 356 Å². The molecule has 0 aromatic heterocycles. The Kier molecular flexibility index (Phi) is 41.7. The third-order valence-electron chi connectivity index (χ3n) is 27.8. The topological polar surface area (TPSA) is 244 Å². The summed E-state index contributed by atoms with van der Waals surface area (Å²) in [5, 5.41) is 20.4. The van der Waals surface area contributed by atoms with Gasteiger partial charge in [0.15, 0.2) is 0 Å². The number of carbonyl (C=O) groups excluding carboxylic acids is 2. The Morgan fingerprint density at radius 3 is 1.16 bits per heavy atom. The second kappa shape index (κ2) is 55.4. The van der Waals surface area contributed by atoms with E-state index >= 15 is 0 Å². The molecule has 19 rings (SSSR count).